The van der Waals surface area contributed by atoms with Gasteiger partial charge in [0.1, 0.15) is 0 Å². The second-order valence-electron chi connectivity index (χ2n) is 3.55. The number of hydrogen-bond acceptors (Lipinski definition) is 1. The molecule has 56 valence electrons. The van der Waals surface area contributed by atoms with Crippen LogP contribution in [0.2, 0.25) is 0 Å². The van der Waals surface area contributed by atoms with E-state index in [2.05, 4.69) is 24.4 Å². The van der Waals surface area contributed by atoms with Crippen molar-refractivity contribution in [3.8, 4) is 0 Å². The Morgan fingerprint density at radius 2 is 2.20 bits per heavy atom. The fourth-order valence-electron chi connectivity index (χ4n) is 2.01. The van der Waals surface area contributed by atoms with Crippen LogP contribution in [0.4, 0.5) is 0 Å². The van der Waals surface area contributed by atoms with Crippen LogP contribution in [0.15, 0.2) is 12.2 Å². The zero-order valence-corrected chi connectivity index (χ0v) is 6.51. The van der Waals surface area contributed by atoms with Crippen molar-refractivity contribution in [3.63, 3.8) is 0 Å². The van der Waals surface area contributed by atoms with Gasteiger partial charge in [-0.15, -0.1) is 0 Å². The predicted octanol–water partition coefficient (Wildman–Crippen LogP) is 1.70. The first kappa shape index (κ1) is 6.41. The first-order valence-corrected chi connectivity index (χ1v) is 4.30. The Labute approximate surface area is 62.5 Å². The van der Waals surface area contributed by atoms with E-state index in [0.29, 0.717) is 6.04 Å². The summed E-state index contributed by atoms with van der Waals surface area (Å²) in [5.41, 5.74) is 0. The average molecular weight is 137 g/mol. The summed E-state index contributed by atoms with van der Waals surface area (Å²) in [6.45, 7) is 2.30. The van der Waals surface area contributed by atoms with Crippen molar-refractivity contribution in [1.82, 2.24) is 5.32 Å². The van der Waals surface area contributed by atoms with Crippen LogP contribution in [0.25, 0.3) is 0 Å². The van der Waals surface area contributed by atoms with E-state index in [4.69, 9.17) is 0 Å². The maximum Gasteiger partial charge on any atom is 0.0252 e. The summed E-state index contributed by atoms with van der Waals surface area (Å²) in [5, 5.41) is 3.62. The maximum atomic E-state index is 3.62. The zero-order valence-electron chi connectivity index (χ0n) is 6.51. The second kappa shape index (κ2) is 2.39. The highest BCUT2D eigenvalue weighted by Crippen LogP contribution is 2.24. The minimum absolute atomic E-state index is 0.704. The average Bonchev–Trinajstić information content (AvgIpc) is 1.99. The SMILES string of the molecule is CC1C=CC2CCCC1N2. The van der Waals surface area contributed by atoms with E-state index in [0.717, 1.165) is 12.0 Å². The van der Waals surface area contributed by atoms with Crippen LogP contribution in [0, 0.1) is 5.92 Å². The van der Waals surface area contributed by atoms with E-state index in [1.807, 2.05) is 0 Å². The van der Waals surface area contributed by atoms with Crippen LogP contribution in [-0.2, 0) is 0 Å². The van der Waals surface area contributed by atoms with E-state index in [1.54, 1.807) is 0 Å². The maximum absolute atomic E-state index is 3.62. The van der Waals surface area contributed by atoms with Crippen molar-refractivity contribution in [3.05, 3.63) is 12.2 Å². The standard InChI is InChI=1S/C9H15N/c1-7-5-6-8-3-2-4-9(7)10-8/h5-10H,2-4H2,1H3. The van der Waals surface area contributed by atoms with E-state index in [1.165, 1.54) is 19.3 Å². The van der Waals surface area contributed by atoms with E-state index in [9.17, 15) is 0 Å². The third-order valence-electron chi connectivity index (χ3n) is 2.74. The Morgan fingerprint density at radius 1 is 1.30 bits per heavy atom. The van der Waals surface area contributed by atoms with Crippen LogP contribution in [0.1, 0.15) is 26.2 Å². The lowest BCUT2D eigenvalue weighted by atomic mass is 9.85. The molecule has 3 unspecified atom stereocenters. The molecule has 2 bridgehead atoms. The third-order valence-corrected chi connectivity index (χ3v) is 2.74. The summed E-state index contributed by atoms with van der Waals surface area (Å²) in [7, 11) is 0. The second-order valence-corrected chi connectivity index (χ2v) is 3.55. The molecule has 1 fully saturated rings. The smallest absolute Gasteiger partial charge is 0.0252 e. The van der Waals surface area contributed by atoms with E-state index >= 15 is 0 Å². The molecule has 2 aliphatic heterocycles. The molecule has 1 saturated heterocycles. The Balaban J connectivity index is 2.13. The highest BCUT2D eigenvalue weighted by molar-refractivity contribution is 5.07. The van der Waals surface area contributed by atoms with Gasteiger partial charge in [0.05, 0.1) is 0 Å². The number of hydrogen-bond donors (Lipinski definition) is 1. The van der Waals surface area contributed by atoms with Gasteiger partial charge in [-0.2, -0.15) is 0 Å². The zero-order chi connectivity index (χ0) is 6.97. The molecule has 0 aromatic heterocycles. The monoisotopic (exact) mass is 137 g/mol. The van der Waals surface area contributed by atoms with Gasteiger partial charge in [0.15, 0.2) is 0 Å². The molecule has 0 aromatic carbocycles. The van der Waals surface area contributed by atoms with Crippen molar-refractivity contribution in [2.75, 3.05) is 0 Å². The molecule has 10 heavy (non-hydrogen) atoms. The van der Waals surface area contributed by atoms with Gasteiger partial charge in [0, 0.05) is 12.1 Å². The van der Waals surface area contributed by atoms with Gasteiger partial charge in [-0.1, -0.05) is 25.5 Å². The minimum Gasteiger partial charge on any atom is -0.307 e. The van der Waals surface area contributed by atoms with Crippen LogP contribution in [0.5, 0.6) is 0 Å². The van der Waals surface area contributed by atoms with Crippen molar-refractivity contribution in [1.29, 1.82) is 0 Å². The molecule has 3 atom stereocenters. The number of piperidine rings is 1. The lowest BCUT2D eigenvalue weighted by Crippen LogP contribution is -2.47. The van der Waals surface area contributed by atoms with Gasteiger partial charge >= 0.3 is 0 Å². The Bertz CT molecular complexity index is 147. The topological polar surface area (TPSA) is 12.0 Å². The highest BCUT2D eigenvalue weighted by atomic mass is 15.0. The van der Waals surface area contributed by atoms with Gasteiger partial charge in [-0.05, 0) is 18.8 Å². The lowest BCUT2D eigenvalue weighted by Gasteiger charge is -2.36. The Kier molecular flexibility index (Phi) is 1.53. The van der Waals surface area contributed by atoms with Crippen LogP contribution in [0.3, 0.4) is 0 Å². The van der Waals surface area contributed by atoms with Gasteiger partial charge in [-0.3, -0.25) is 0 Å². The molecule has 1 N–H and O–H groups in total. The summed E-state index contributed by atoms with van der Waals surface area (Å²) in [6, 6.07) is 1.48. The molecule has 2 heterocycles. The molecule has 2 rings (SSSR count). The van der Waals surface area contributed by atoms with Gasteiger partial charge < -0.3 is 5.32 Å². The predicted molar refractivity (Wildman–Crippen MR) is 42.9 cm³/mol. The summed E-state index contributed by atoms with van der Waals surface area (Å²) < 4.78 is 0. The summed E-state index contributed by atoms with van der Waals surface area (Å²) in [6.07, 6.45) is 8.84. The highest BCUT2D eigenvalue weighted by Gasteiger charge is 2.25. The largest absolute Gasteiger partial charge is 0.307 e. The molecular formula is C9H15N. The van der Waals surface area contributed by atoms with Crippen LogP contribution >= 0.6 is 0 Å². The van der Waals surface area contributed by atoms with Crippen molar-refractivity contribution in [2.24, 2.45) is 5.92 Å². The Morgan fingerprint density at radius 3 is 3.00 bits per heavy atom. The number of fused-ring (bicyclic) bond motifs is 2. The quantitative estimate of drug-likeness (QED) is 0.501. The summed E-state index contributed by atoms with van der Waals surface area (Å²) in [5.74, 6) is 0.761. The molecule has 0 spiro atoms. The van der Waals surface area contributed by atoms with Crippen molar-refractivity contribution < 1.29 is 0 Å². The molecular weight excluding hydrogens is 122 g/mol. The first-order chi connectivity index (χ1) is 4.86. The van der Waals surface area contributed by atoms with Crippen molar-refractivity contribution in [2.45, 2.75) is 38.3 Å². The number of nitrogens with one attached hydrogen (secondary N) is 1. The minimum atomic E-state index is 0.704. The van der Waals surface area contributed by atoms with Crippen molar-refractivity contribution >= 4 is 0 Å². The fraction of sp³-hybridized carbons (Fsp3) is 0.778. The number of rotatable bonds is 0. The van der Waals surface area contributed by atoms with Crippen LogP contribution in [-0.4, -0.2) is 12.1 Å². The molecule has 1 nitrogen and oxygen atoms in total. The van der Waals surface area contributed by atoms with Gasteiger partial charge in [-0.25, -0.2) is 0 Å². The molecule has 0 amide bonds. The van der Waals surface area contributed by atoms with Crippen LogP contribution < -0.4 is 5.32 Å². The molecule has 0 aliphatic carbocycles. The molecule has 0 saturated carbocycles. The first-order valence-electron chi connectivity index (χ1n) is 4.30. The summed E-state index contributed by atoms with van der Waals surface area (Å²) in [4.78, 5) is 0. The molecule has 1 heteroatoms. The third kappa shape index (κ3) is 0.988. The van der Waals surface area contributed by atoms with E-state index in [-0.39, 0.29) is 0 Å². The normalized spacial score (nSPS) is 45.5. The fourth-order valence-corrected chi connectivity index (χ4v) is 2.01. The lowest BCUT2D eigenvalue weighted by molar-refractivity contribution is 0.293. The molecule has 0 radical (unpaired) electrons. The molecule has 0 aromatic rings. The summed E-state index contributed by atoms with van der Waals surface area (Å²) >= 11 is 0. The molecule has 2 aliphatic rings. The Hall–Kier alpha value is -0.300. The van der Waals surface area contributed by atoms with Gasteiger partial charge in [0.2, 0.25) is 0 Å². The van der Waals surface area contributed by atoms with Gasteiger partial charge in [0.25, 0.3) is 0 Å². The van der Waals surface area contributed by atoms with E-state index < -0.39 is 0 Å².